The molecular weight excluding hydrogens is 453 g/mol. The molecule has 1 atom stereocenters. The first-order valence-electron chi connectivity index (χ1n) is 11.3. The Kier molecular flexibility index (Phi) is 6.00. The van der Waals surface area contributed by atoms with Crippen LogP contribution in [-0.2, 0) is 11.3 Å². The van der Waals surface area contributed by atoms with E-state index in [1.165, 1.54) is 11.0 Å². The van der Waals surface area contributed by atoms with Gasteiger partial charge < -0.3 is 14.2 Å². The van der Waals surface area contributed by atoms with Crippen LogP contribution in [0.15, 0.2) is 60.7 Å². The third-order valence-electron chi connectivity index (χ3n) is 6.31. The number of hydrogen-bond donors (Lipinski definition) is 0. The molecule has 34 heavy (non-hydrogen) atoms. The molecule has 0 N–H and O–H groups in total. The number of rotatable bonds is 6. The normalized spacial score (nSPS) is 15.9. The third-order valence-corrected chi connectivity index (χ3v) is 6.91. The second kappa shape index (κ2) is 9.11. The molecule has 0 saturated carbocycles. The van der Waals surface area contributed by atoms with Crippen LogP contribution < -0.4 is 9.64 Å². The Morgan fingerprint density at radius 2 is 1.79 bits per heavy atom. The summed E-state index contributed by atoms with van der Waals surface area (Å²) in [7, 11) is 0. The van der Waals surface area contributed by atoms with Gasteiger partial charge in [-0.3, -0.25) is 4.79 Å². The Labute approximate surface area is 202 Å². The minimum atomic E-state index is -0.396. The second-order valence-electron chi connectivity index (χ2n) is 8.69. The van der Waals surface area contributed by atoms with Gasteiger partial charge in [-0.15, -0.1) is 0 Å². The maximum Gasteiger partial charge on any atom is 0.227 e. The third kappa shape index (κ3) is 4.14. The number of fused-ring (bicyclic) bond motifs is 1. The van der Waals surface area contributed by atoms with E-state index >= 15 is 0 Å². The van der Waals surface area contributed by atoms with E-state index in [0.717, 1.165) is 38.8 Å². The molecule has 5 rings (SSSR count). The number of ether oxygens (including phenoxy) is 1. The molecule has 1 unspecified atom stereocenters. The minimum absolute atomic E-state index is 0.0999. The van der Waals surface area contributed by atoms with Crippen LogP contribution in [0.25, 0.3) is 11.0 Å². The molecule has 0 spiro atoms. The minimum Gasteiger partial charge on any atom is -0.492 e. The quantitative estimate of drug-likeness (QED) is 0.340. The molecule has 1 saturated heterocycles. The summed E-state index contributed by atoms with van der Waals surface area (Å²) < 4.78 is 22.5. The van der Waals surface area contributed by atoms with E-state index in [9.17, 15) is 9.18 Å². The van der Waals surface area contributed by atoms with Crippen molar-refractivity contribution >= 4 is 34.2 Å². The van der Waals surface area contributed by atoms with Crippen molar-refractivity contribution in [1.82, 2.24) is 9.55 Å². The summed E-state index contributed by atoms with van der Waals surface area (Å²) in [6.07, 6.45) is 0.286. The Bertz CT molecular complexity index is 1360. The van der Waals surface area contributed by atoms with Gasteiger partial charge in [-0.05, 0) is 61.4 Å². The number of imidazole rings is 1. The largest absolute Gasteiger partial charge is 0.492 e. The summed E-state index contributed by atoms with van der Waals surface area (Å²) in [4.78, 5) is 19.2. The molecule has 0 radical (unpaired) electrons. The number of aryl methyl sites for hydroxylation is 2. The zero-order valence-corrected chi connectivity index (χ0v) is 19.8. The number of carbonyl (C=O) groups excluding carboxylic acids is 1. The lowest BCUT2D eigenvalue weighted by molar-refractivity contribution is -0.117. The zero-order chi connectivity index (χ0) is 23.8. The Hall–Kier alpha value is -3.38. The van der Waals surface area contributed by atoms with Crippen LogP contribution in [0.3, 0.4) is 0 Å². The Balaban J connectivity index is 1.41. The molecule has 5 nitrogen and oxygen atoms in total. The molecule has 0 bridgehead atoms. The Morgan fingerprint density at radius 3 is 2.56 bits per heavy atom. The van der Waals surface area contributed by atoms with Crippen LogP contribution in [-0.4, -0.2) is 28.6 Å². The molecule has 4 aromatic rings. The van der Waals surface area contributed by atoms with E-state index in [4.69, 9.17) is 21.3 Å². The van der Waals surface area contributed by atoms with Crippen molar-refractivity contribution in [2.24, 2.45) is 0 Å². The highest BCUT2D eigenvalue weighted by Gasteiger charge is 2.35. The van der Waals surface area contributed by atoms with E-state index in [2.05, 4.69) is 4.57 Å². The van der Waals surface area contributed by atoms with Gasteiger partial charge in [0, 0.05) is 23.9 Å². The van der Waals surface area contributed by atoms with E-state index < -0.39 is 5.82 Å². The second-order valence-corrected chi connectivity index (χ2v) is 9.06. The van der Waals surface area contributed by atoms with Crippen molar-refractivity contribution in [1.29, 1.82) is 0 Å². The molecular formula is C27H25ClFN3O2. The van der Waals surface area contributed by atoms with Crippen molar-refractivity contribution in [3.8, 4) is 5.75 Å². The number of para-hydroxylation sites is 3. The van der Waals surface area contributed by atoms with Crippen LogP contribution in [0, 0.1) is 19.7 Å². The number of halogens is 2. The van der Waals surface area contributed by atoms with Gasteiger partial charge in [0.15, 0.2) is 0 Å². The highest BCUT2D eigenvalue weighted by molar-refractivity contribution is 6.32. The summed E-state index contributed by atoms with van der Waals surface area (Å²) in [6.45, 7) is 5.32. The summed E-state index contributed by atoms with van der Waals surface area (Å²) >= 11 is 6.28. The topological polar surface area (TPSA) is 47.4 Å². The van der Waals surface area contributed by atoms with Gasteiger partial charge in [-0.1, -0.05) is 35.9 Å². The smallest absolute Gasteiger partial charge is 0.227 e. The zero-order valence-electron chi connectivity index (χ0n) is 19.1. The van der Waals surface area contributed by atoms with E-state index in [1.807, 2.05) is 50.2 Å². The maximum atomic E-state index is 14.4. The van der Waals surface area contributed by atoms with Crippen molar-refractivity contribution in [2.45, 2.75) is 32.7 Å². The van der Waals surface area contributed by atoms with E-state index in [0.29, 0.717) is 25.4 Å². The number of hydrogen-bond acceptors (Lipinski definition) is 3. The lowest BCUT2D eigenvalue weighted by Gasteiger charge is -2.18. The van der Waals surface area contributed by atoms with Gasteiger partial charge in [0.25, 0.3) is 0 Å². The molecule has 3 aromatic carbocycles. The predicted molar refractivity (Wildman–Crippen MR) is 132 cm³/mol. The van der Waals surface area contributed by atoms with Gasteiger partial charge in [-0.25, -0.2) is 9.37 Å². The van der Waals surface area contributed by atoms with Gasteiger partial charge in [-0.2, -0.15) is 0 Å². The highest BCUT2D eigenvalue weighted by Crippen LogP contribution is 2.34. The van der Waals surface area contributed by atoms with Gasteiger partial charge in [0.2, 0.25) is 5.91 Å². The van der Waals surface area contributed by atoms with Gasteiger partial charge in [0.1, 0.15) is 24.0 Å². The van der Waals surface area contributed by atoms with Crippen LogP contribution in [0.5, 0.6) is 5.75 Å². The summed E-state index contributed by atoms with van der Waals surface area (Å²) in [5.41, 5.74) is 4.12. The van der Waals surface area contributed by atoms with Crippen LogP contribution in [0.2, 0.25) is 5.02 Å². The fourth-order valence-electron chi connectivity index (χ4n) is 4.67. The number of carbonyl (C=O) groups is 1. The molecule has 174 valence electrons. The molecule has 2 heterocycles. The first-order valence-corrected chi connectivity index (χ1v) is 11.7. The number of benzene rings is 3. The van der Waals surface area contributed by atoms with Crippen molar-refractivity contribution in [3.63, 3.8) is 0 Å². The molecule has 1 aliphatic rings. The standard InChI is InChI=1S/C27H25ClFN3O2/c1-17-13-20(14-18(2)26(17)28)34-12-11-31-24-10-6-4-8-22(24)30-27(31)19-15-25(33)32(16-19)23-9-5-3-7-21(23)29/h3-10,13-14,19H,11-12,15-16H2,1-2H3. The summed E-state index contributed by atoms with van der Waals surface area (Å²) in [5, 5.41) is 0.751. The van der Waals surface area contributed by atoms with Crippen molar-refractivity contribution in [3.05, 3.63) is 88.5 Å². The number of aromatic nitrogens is 2. The Morgan fingerprint density at radius 1 is 1.09 bits per heavy atom. The average molecular weight is 478 g/mol. The first-order chi connectivity index (χ1) is 16.4. The number of nitrogens with zero attached hydrogens (tertiary/aromatic N) is 3. The summed E-state index contributed by atoms with van der Waals surface area (Å²) in [5.74, 6) is 0.955. The predicted octanol–water partition coefficient (Wildman–Crippen LogP) is 6.05. The van der Waals surface area contributed by atoms with Crippen LogP contribution in [0.4, 0.5) is 10.1 Å². The maximum absolute atomic E-state index is 14.4. The van der Waals surface area contributed by atoms with Gasteiger partial charge in [0.05, 0.1) is 23.3 Å². The molecule has 0 aliphatic carbocycles. The summed E-state index contributed by atoms with van der Waals surface area (Å²) in [6, 6.07) is 18.2. The molecule has 1 fully saturated rings. The fourth-order valence-corrected chi connectivity index (χ4v) is 4.78. The number of amides is 1. The molecule has 1 aliphatic heterocycles. The van der Waals surface area contributed by atoms with Gasteiger partial charge >= 0.3 is 0 Å². The number of anilines is 1. The molecule has 7 heteroatoms. The van der Waals surface area contributed by atoms with E-state index in [-0.39, 0.29) is 18.2 Å². The van der Waals surface area contributed by atoms with Crippen molar-refractivity contribution < 1.29 is 13.9 Å². The molecule has 1 aromatic heterocycles. The fraction of sp³-hybridized carbons (Fsp3) is 0.259. The lowest BCUT2D eigenvalue weighted by atomic mass is 10.1. The average Bonchev–Trinajstić information content (AvgIpc) is 3.38. The monoisotopic (exact) mass is 477 g/mol. The molecule has 1 amide bonds. The van der Waals surface area contributed by atoms with E-state index in [1.54, 1.807) is 18.2 Å². The highest BCUT2D eigenvalue weighted by atomic mass is 35.5. The lowest BCUT2D eigenvalue weighted by Crippen LogP contribution is -2.25. The van der Waals surface area contributed by atoms with Crippen molar-refractivity contribution in [2.75, 3.05) is 18.1 Å². The SMILES string of the molecule is Cc1cc(OCCn2c(C3CC(=O)N(c4ccccc4F)C3)nc3ccccc32)cc(C)c1Cl. The first kappa shape index (κ1) is 22.4. The van der Waals surface area contributed by atoms with Crippen LogP contribution >= 0.6 is 11.6 Å². The van der Waals surface area contributed by atoms with Crippen LogP contribution in [0.1, 0.15) is 29.3 Å².